The van der Waals surface area contributed by atoms with Crippen molar-refractivity contribution >= 4 is 35.3 Å². The van der Waals surface area contributed by atoms with Gasteiger partial charge in [-0.05, 0) is 81.4 Å². The van der Waals surface area contributed by atoms with Crippen molar-refractivity contribution in [3.63, 3.8) is 0 Å². The highest BCUT2D eigenvalue weighted by Gasteiger charge is 2.30. The van der Waals surface area contributed by atoms with E-state index in [1.54, 1.807) is 0 Å². The van der Waals surface area contributed by atoms with Crippen LogP contribution in [0.1, 0.15) is 69.2 Å². The maximum atomic E-state index is 6.36. The van der Waals surface area contributed by atoms with Gasteiger partial charge in [0, 0.05) is 26.4 Å². The number of hydrogen-bond donors (Lipinski definition) is 0. The van der Waals surface area contributed by atoms with E-state index in [1.165, 1.54) is 35.3 Å². The van der Waals surface area contributed by atoms with Crippen molar-refractivity contribution in [3.8, 4) is 34.5 Å². The first-order valence-electron chi connectivity index (χ1n) is 17.5. The molecule has 2 aromatic rings. The number of benzene rings is 2. The quantitative estimate of drug-likeness (QED) is 0.0613. The van der Waals surface area contributed by atoms with Crippen LogP contribution in [0.5, 0.6) is 34.5 Å². The van der Waals surface area contributed by atoms with E-state index in [9.17, 15) is 0 Å². The highest BCUT2D eigenvalue weighted by Crippen LogP contribution is 2.56. The summed E-state index contributed by atoms with van der Waals surface area (Å²) in [5.74, 6) is 3.74. The molecule has 10 nitrogen and oxygen atoms in total. The zero-order valence-electron chi connectivity index (χ0n) is 31.1. The Labute approximate surface area is 307 Å². The third-order valence-electron chi connectivity index (χ3n) is 6.34. The van der Waals surface area contributed by atoms with Crippen LogP contribution in [0.25, 0.3) is 0 Å². The molecule has 0 spiro atoms. The molecule has 0 aliphatic heterocycles. The van der Waals surface area contributed by atoms with E-state index in [4.69, 9.17) is 47.4 Å². The highest BCUT2D eigenvalue weighted by molar-refractivity contribution is 8.00. The average molecular weight is 747 g/mol. The molecule has 2 atom stereocenters. The SMILES string of the molecule is CCOCC(OCC)Sc1c(OCC)cc(Sc2cc(OCC)c(SC(COCC)OCC)c(OCC)c2OCC)c(OCC)c1OCC. The van der Waals surface area contributed by atoms with Crippen molar-refractivity contribution in [2.45, 2.75) is 99.7 Å². The molecule has 0 heterocycles. The van der Waals surface area contributed by atoms with Gasteiger partial charge in [-0.2, -0.15) is 0 Å². The zero-order chi connectivity index (χ0) is 36.0. The molecular formula is C36H58O10S3. The molecule has 0 aromatic heterocycles. The third-order valence-corrected chi connectivity index (χ3v) is 9.70. The molecular weight excluding hydrogens is 689 g/mol. The molecule has 0 fully saturated rings. The van der Waals surface area contributed by atoms with Crippen molar-refractivity contribution in [2.75, 3.05) is 79.3 Å². The van der Waals surface area contributed by atoms with Crippen LogP contribution in [-0.2, 0) is 18.9 Å². The first-order chi connectivity index (χ1) is 23.9. The Balaban J connectivity index is 2.87. The van der Waals surface area contributed by atoms with Gasteiger partial charge in [0.2, 0.25) is 0 Å². The van der Waals surface area contributed by atoms with Gasteiger partial charge >= 0.3 is 0 Å². The Bertz CT molecular complexity index is 1130. The Morgan fingerprint density at radius 2 is 0.776 bits per heavy atom. The first-order valence-corrected chi connectivity index (χ1v) is 20.1. The fourth-order valence-corrected chi connectivity index (χ4v) is 7.89. The maximum Gasteiger partial charge on any atom is 0.179 e. The standard InChI is InChI=1S/C36H58O10S3/c1-11-37-23-29(41-15-5)48-35-25(39-13-3)21-27(31(43-17-7)33(35)45-19-9)47-28-22-26(40-14-4)36(34(46-20-10)32(28)44-18-8)49-30(42-16-6)24-38-12-2/h21-22,29-30H,11-20,23-24H2,1-10H3. The van der Waals surface area contributed by atoms with Crippen LogP contribution in [0, 0.1) is 0 Å². The fourth-order valence-electron chi connectivity index (χ4n) is 4.58. The Morgan fingerprint density at radius 1 is 0.429 bits per heavy atom. The minimum atomic E-state index is -0.267. The number of rotatable bonds is 28. The second kappa shape index (κ2) is 25.1. The second-order valence-electron chi connectivity index (χ2n) is 9.74. The van der Waals surface area contributed by atoms with Crippen molar-refractivity contribution in [1.82, 2.24) is 0 Å². The van der Waals surface area contributed by atoms with Crippen LogP contribution in [0.15, 0.2) is 31.7 Å². The lowest BCUT2D eigenvalue weighted by Crippen LogP contribution is -2.17. The molecule has 0 saturated carbocycles. The molecule has 0 saturated heterocycles. The lowest BCUT2D eigenvalue weighted by molar-refractivity contribution is 0.0389. The van der Waals surface area contributed by atoms with E-state index in [0.29, 0.717) is 114 Å². The number of thioether (sulfide) groups is 2. The summed E-state index contributed by atoms with van der Waals surface area (Å²) in [6.07, 6.45) is 0. The first kappa shape index (κ1) is 43.3. The maximum absolute atomic E-state index is 6.36. The van der Waals surface area contributed by atoms with Gasteiger partial charge in [0.1, 0.15) is 22.4 Å². The second-order valence-corrected chi connectivity index (χ2v) is 13.2. The van der Waals surface area contributed by atoms with E-state index in [-0.39, 0.29) is 10.9 Å². The van der Waals surface area contributed by atoms with Gasteiger partial charge in [0.05, 0.1) is 72.4 Å². The average Bonchev–Trinajstić information content (AvgIpc) is 3.08. The molecule has 0 N–H and O–H groups in total. The molecule has 2 rings (SSSR count). The van der Waals surface area contributed by atoms with Gasteiger partial charge in [-0.3, -0.25) is 0 Å². The molecule has 0 bridgehead atoms. The van der Waals surface area contributed by atoms with Gasteiger partial charge in [0.25, 0.3) is 0 Å². The Morgan fingerprint density at radius 3 is 1.08 bits per heavy atom. The highest BCUT2D eigenvalue weighted by atomic mass is 32.2. The number of ether oxygens (including phenoxy) is 10. The third kappa shape index (κ3) is 13.3. The summed E-state index contributed by atoms with van der Waals surface area (Å²) in [6.45, 7) is 25.4. The van der Waals surface area contributed by atoms with Crippen molar-refractivity contribution in [3.05, 3.63) is 12.1 Å². The lowest BCUT2D eigenvalue weighted by atomic mass is 10.3. The molecule has 13 heteroatoms. The number of hydrogen-bond acceptors (Lipinski definition) is 13. The molecule has 2 unspecified atom stereocenters. The summed E-state index contributed by atoms with van der Waals surface area (Å²) >= 11 is 4.51. The van der Waals surface area contributed by atoms with Crippen LogP contribution in [-0.4, -0.2) is 90.2 Å². The smallest absolute Gasteiger partial charge is 0.179 e. The molecule has 280 valence electrons. The van der Waals surface area contributed by atoms with Crippen LogP contribution in [0.2, 0.25) is 0 Å². The summed E-state index contributed by atoms with van der Waals surface area (Å²) < 4.78 is 61.5. The fraction of sp³-hybridized carbons (Fsp3) is 0.667. The predicted molar refractivity (Wildman–Crippen MR) is 200 cm³/mol. The largest absolute Gasteiger partial charge is 0.493 e. The molecule has 0 radical (unpaired) electrons. The normalized spacial score (nSPS) is 12.4. The molecule has 0 aliphatic carbocycles. The van der Waals surface area contributed by atoms with Crippen molar-refractivity contribution in [1.29, 1.82) is 0 Å². The molecule has 49 heavy (non-hydrogen) atoms. The van der Waals surface area contributed by atoms with Gasteiger partial charge in [0.15, 0.2) is 23.0 Å². The monoisotopic (exact) mass is 746 g/mol. The van der Waals surface area contributed by atoms with Crippen molar-refractivity contribution < 1.29 is 47.4 Å². The Kier molecular flexibility index (Phi) is 22.2. The van der Waals surface area contributed by atoms with Gasteiger partial charge in [-0.15, -0.1) is 0 Å². The molecule has 0 amide bonds. The predicted octanol–water partition coefficient (Wildman–Crippen LogP) is 9.21. The van der Waals surface area contributed by atoms with Crippen LogP contribution in [0.3, 0.4) is 0 Å². The van der Waals surface area contributed by atoms with Crippen molar-refractivity contribution in [2.24, 2.45) is 0 Å². The topological polar surface area (TPSA) is 92.3 Å². The summed E-state index contributed by atoms with van der Waals surface area (Å²) in [4.78, 5) is 3.19. The minimum Gasteiger partial charge on any atom is -0.493 e. The van der Waals surface area contributed by atoms with E-state index < -0.39 is 0 Å². The van der Waals surface area contributed by atoms with Crippen LogP contribution >= 0.6 is 35.3 Å². The van der Waals surface area contributed by atoms with Gasteiger partial charge in [-0.1, -0.05) is 35.3 Å². The minimum absolute atomic E-state index is 0.267. The summed E-state index contributed by atoms with van der Waals surface area (Å²) in [5.41, 5.74) is -0.534. The van der Waals surface area contributed by atoms with E-state index in [1.807, 2.05) is 81.4 Å². The van der Waals surface area contributed by atoms with Crippen LogP contribution in [0.4, 0.5) is 0 Å². The summed E-state index contributed by atoms with van der Waals surface area (Å²) in [5, 5.41) is 0. The van der Waals surface area contributed by atoms with Gasteiger partial charge in [-0.25, -0.2) is 0 Å². The van der Waals surface area contributed by atoms with Gasteiger partial charge < -0.3 is 47.4 Å². The zero-order valence-corrected chi connectivity index (χ0v) is 33.6. The molecule has 2 aromatic carbocycles. The van der Waals surface area contributed by atoms with Crippen LogP contribution < -0.4 is 28.4 Å². The van der Waals surface area contributed by atoms with E-state index in [2.05, 4.69) is 0 Å². The van der Waals surface area contributed by atoms with E-state index >= 15 is 0 Å². The van der Waals surface area contributed by atoms with E-state index in [0.717, 1.165) is 19.6 Å². The summed E-state index contributed by atoms with van der Waals surface area (Å²) in [6, 6.07) is 4.00. The Hall–Kier alpha value is -1.87. The summed E-state index contributed by atoms with van der Waals surface area (Å²) in [7, 11) is 0. The lowest BCUT2D eigenvalue weighted by Gasteiger charge is -2.25. The molecule has 0 aliphatic rings.